The van der Waals surface area contributed by atoms with Crippen LogP contribution in [0.5, 0.6) is 5.88 Å². The monoisotopic (exact) mass is 733 g/mol. The zero-order valence-corrected chi connectivity index (χ0v) is 30.5. The summed E-state index contributed by atoms with van der Waals surface area (Å²) in [5.41, 5.74) is 4.55. The van der Waals surface area contributed by atoms with E-state index >= 15 is 4.39 Å². The van der Waals surface area contributed by atoms with Gasteiger partial charge in [-0.05, 0) is 50.6 Å². The summed E-state index contributed by atoms with van der Waals surface area (Å²) in [5.74, 6) is 0.334. The van der Waals surface area contributed by atoms with Crippen molar-refractivity contribution in [2.75, 3.05) is 46.2 Å². The fourth-order valence-corrected chi connectivity index (χ4v) is 7.28. The van der Waals surface area contributed by atoms with E-state index in [1.54, 1.807) is 44.4 Å². The molecule has 0 bridgehead atoms. The molecular weight excluding hydrogens is 692 g/mol. The first-order chi connectivity index (χ1) is 24.6. The fraction of sp³-hybridized carbons (Fsp3) is 0.368. The highest BCUT2D eigenvalue weighted by molar-refractivity contribution is 6.39. The maximum atomic E-state index is 15.8. The molecular formula is C38H42Cl2FN7O3. The smallest absolute Gasteiger partial charge is 0.225 e. The van der Waals surface area contributed by atoms with Gasteiger partial charge in [-0.2, -0.15) is 0 Å². The number of piperidine rings is 1. The molecule has 2 aliphatic heterocycles. The highest BCUT2D eigenvalue weighted by Crippen LogP contribution is 2.42. The summed E-state index contributed by atoms with van der Waals surface area (Å²) in [6, 6.07) is 16.8. The number of carbonyl (C=O) groups excluding carboxylic acids is 2. The standard InChI is InChI=1S/C38H42Cl2FN7O3/c1-47(2)38(50)23-15-18-48(19-16-23)22-25-14-17-43-36(35(25)41)45-31-9-5-7-28(34(31)40)27-6-4-8-29(33(27)39)30-12-10-24(37(46-30)51-3)20-42-21-26-11-13-32(49)44-26/h4-10,12,14,17,23,26,42H,11,13,15-16,18-22H2,1-3H3,(H,43,45)(H,44,49)/t26-/m0/s1. The van der Waals surface area contributed by atoms with Crippen LogP contribution in [0.25, 0.3) is 22.4 Å². The Bertz CT molecular complexity index is 1900. The van der Waals surface area contributed by atoms with E-state index < -0.39 is 5.82 Å². The van der Waals surface area contributed by atoms with Gasteiger partial charge in [0, 0.05) is 86.1 Å². The molecule has 2 fully saturated rings. The van der Waals surface area contributed by atoms with Gasteiger partial charge in [-0.1, -0.05) is 59.6 Å². The van der Waals surface area contributed by atoms with E-state index in [0.717, 1.165) is 24.8 Å². The van der Waals surface area contributed by atoms with Crippen LogP contribution in [-0.4, -0.2) is 78.5 Å². The number of halogens is 3. The van der Waals surface area contributed by atoms with E-state index in [-0.39, 0.29) is 29.6 Å². The van der Waals surface area contributed by atoms with Gasteiger partial charge >= 0.3 is 0 Å². The molecule has 2 saturated heterocycles. The minimum atomic E-state index is -0.450. The molecule has 4 aromatic rings. The molecule has 10 nitrogen and oxygen atoms in total. The third kappa shape index (κ3) is 8.44. The van der Waals surface area contributed by atoms with E-state index in [1.165, 1.54) is 0 Å². The molecule has 0 saturated carbocycles. The van der Waals surface area contributed by atoms with Crippen LogP contribution in [0.15, 0.2) is 60.8 Å². The second-order valence-electron chi connectivity index (χ2n) is 13.2. The summed E-state index contributed by atoms with van der Waals surface area (Å²) in [6.45, 7) is 3.04. The molecule has 268 valence electrons. The first-order valence-electron chi connectivity index (χ1n) is 17.1. The highest BCUT2D eigenvalue weighted by atomic mass is 35.5. The number of methoxy groups -OCH3 is 1. The van der Waals surface area contributed by atoms with Crippen LogP contribution in [0.3, 0.4) is 0 Å². The van der Waals surface area contributed by atoms with Gasteiger partial charge < -0.3 is 25.6 Å². The molecule has 0 unspecified atom stereocenters. The minimum Gasteiger partial charge on any atom is -0.481 e. The zero-order chi connectivity index (χ0) is 36.1. The lowest BCUT2D eigenvalue weighted by atomic mass is 9.95. The van der Waals surface area contributed by atoms with E-state index in [4.69, 9.17) is 32.9 Å². The van der Waals surface area contributed by atoms with Gasteiger partial charge in [0.2, 0.25) is 17.7 Å². The number of hydrogen-bond donors (Lipinski definition) is 3. The van der Waals surface area contributed by atoms with Crippen molar-refractivity contribution in [1.29, 1.82) is 0 Å². The van der Waals surface area contributed by atoms with E-state index in [1.807, 2.05) is 42.5 Å². The Kier molecular flexibility index (Phi) is 11.7. The number of rotatable bonds is 12. The summed E-state index contributed by atoms with van der Waals surface area (Å²) in [5, 5.41) is 10.3. The first kappa shape index (κ1) is 36.5. The Morgan fingerprint density at radius 3 is 2.43 bits per heavy atom. The van der Waals surface area contributed by atoms with E-state index in [9.17, 15) is 9.59 Å². The number of nitrogens with one attached hydrogen (secondary N) is 3. The fourth-order valence-electron chi connectivity index (χ4n) is 6.68. The lowest BCUT2D eigenvalue weighted by Crippen LogP contribution is -2.39. The molecule has 51 heavy (non-hydrogen) atoms. The Morgan fingerprint density at radius 2 is 1.73 bits per heavy atom. The van der Waals surface area contributed by atoms with Crippen molar-refractivity contribution >= 4 is 46.5 Å². The number of hydrogen-bond acceptors (Lipinski definition) is 8. The third-order valence-corrected chi connectivity index (χ3v) is 10.3. The van der Waals surface area contributed by atoms with Gasteiger partial charge in [0.05, 0.1) is 28.5 Å². The summed E-state index contributed by atoms with van der Waals surface area (Å²) >= 11 is 14.0. The predicted octanol–water partition coefficient (Wildman–Crippen LogP) is 6.68. The average molecular weight is 735 g/mol. The van der Waals surface area contributed by atoms with Crippen LogP contribution in [0.2, 0.25) is 10.0 Å². The first-order valence-corrected chi connectivity index (χ1v) is 17.8. The van der Waals surface area contributed by atoms with Gasteiger partial charge in [-0.25, -0.2) is 14.4 Å². The molecule has 4 heterocycles. The molecule has 2 aliphatic rings. The number of carbonyl (C=O) groups is 2. The third-order valence-electron chi connectivity index (χ3n) is 9.48. The molecule has 2 aromatic heterocycles. The Hall–Kier alpha value is -4.29. The van der Waals surface area contributed by atoms with Gasteiger partial charge in [0.25, 0.3) is 0 Å². The summed E-state index contributed by atoms with van der Waals surface area (Å²) in [7, 11) is 5.14. The zero-order valence-electron chi connectivity index (χ0n) is 28.9. The molecule has 3 N–H and O–H groups in total. The quantitative estimate of drug-likeness (QED) is 0.148. The van der Waals surface area contributed by atoms with Crippen LogP contribution >= 0.6 is 23.2 Å². The largest absolute Gasteiger partial charge is 0.481 e. The van der Waals surface area contributed by atoms with E-state index in [0.29, 0.717) is 88.7 Å². The predicted molar refractivity (Wildman–Crippen MR) is 199 cm³/mol. The molecule has 0 radical (unpaired) electrons. The lowest BCUT2D eigenvalue weighted by Gasteiger charge is -2.32. The van der Waals surface area contributed by atoms with Crippen LogP contribution in [0, 0.1) is 11.7 Å². The van der Waals surface area contributed by atoms with Gasteiger partial charge in [-0.3, -0.25) is 14.5 Å². The summed E-state index contributed by atoms with van der Waals surface area (Å²) in [4.78, 5) is 36.7. The number of pyridine rings is 2. The van der Waals surface area contributed by atoms with Crippen molar-refractivity contribution in [2.45, 2.75) is 44.8 Å². The van der Waals surface area contributed by atoms with Crippen molar-refractivity contribution in [2.24, 2.45) is 5.92 Å². The Morgan fingerprint density at radius 1 is 1.00 bits per heavy atom. The van der Waals surface area contributed by atoms with Crippen molar-refractivity contribution in [3.8, 4) is 28.3 Å². The topological polar surface area (TPSA) is 112 Å². The average Bonchev–Trinajstić information content (AvgIpc) is 3.55. The Labute approximate surface area is 307 Å². The molecule has 2 aromatic carbocycles. The maximum absolute atomic E-state index is 15.8. The van der Waals surface area contributed by atoms with E-state index in [2.05, 4.69) is 25.8 Å². The van der Waals surface area contributed by atoms with Crippen molar-refractivity contribution < 1.29 is 18.7 Å². The maximum Gasteiger partial charge on any atom is 0.225 e. The molecule has 1 atom stereocenters. The van der Waals surface area contributed by atoms with Crippen molar-refractivity contribution in [1.82, 2.24) is 30.4 Å². The SMILES string of the molecule is COc1nc(-c2cccc(-c3cccc(Nc4nccc(CN5CCC(C(=O)N(C)C)CC5)c4F)c3Cl)c2Cl)ccc1CNC[C@@H]1CCC(=O)N1. The number of amides is 2. The molecule has 0 spiro atoms. The molecule has 6 rings (SSSR count). The number of nitrogens with zero attached hydrogens (tertiary/aromatic N) is 4. The lowest BCUT2D eigenvalue weighted by molar-refractivity contribution is -0.134. The highest BCUT2D eigenvalue weighted by Gasteiger charge is 2.27. The number of ether oxygens (including phenoxy) is 1. The van der Waals surface area contributed by atoms with Crippen LogP contribution < -0.4 is 20.7 Å². The number of anilines is 2. The van der Waals surface area contributed by atoms with Crippen molar-refractivity contribution in [3.05, 3.63) is 87.8 Å². The summed E-state index contributed by atoms with van der Waals surface area (Å²) in [6.07, 6.45) is 4.46. The van der Waals surface area contributed by atoms with Gasteiger partial charge in [0.1, 0.15) is 0 Å². The van der Waals surface area contributed by atoms with Crippen LogP contribution in [-0.2, 0) is 22.7 Å². The van der Waals surface area contributed by atoms with Crippen LogP contribution in [0.4, 0.5) is 15.9 Å². The number of likely N-dealkylation sites (tertiary alicyclic amines) is 1. The number of aromatic nitrogens is 2. The molecule has 2 amide bonds. The molecule has 13 heteroatoms. The second-order valence-corrected chi connectivity index (χ2v) is 13.9. The Balaban J connectivity index is 1.17. The van der Waals surface area contributed by atoms with Crippen LogP contribution in [0.1, 0.15) is 36.8 Å². The van der Waals surface area contributed by atoms with Gasteiger partial charge in [0.15, 0.2) is 11.6 Å². The molecule has 0 aliphatic carbocycles. The van der Waals surface area contributed by atoms with Gasteiger partial charge in [-0.15, -0.1) is 0 Å². The normalized spacial score (nSPS) is 16.6. The summed E-state index contributed by atoms with van der Waals surface area (Å²) < 4.78 is 21.4. The second kappa shape index (κ2) is 16.4. The number of benzene rings is 2. The minimum absolute atomic E-state index is 0.00562. The van der Waals surface area contributed by atoms with Crippen molar-refractivity contribution in [3.63, 3.8) is 0 Å².